The van der Waals surface area contributed by atoms with E-state index in [1.165, 1.54) is 11.6 Å². The van der Waals surface area contributed by atoms with Gasteiger partial charge in [0.05, 0.1) is 6.61 Å². The van der Waals surface area contributed by atoms with Gasteiger partial charge in [-0.2, -0.15) is 0 Å². The molecule has 0 atom stereocenters. The largest absolute Gasteiger partial charge is 0.463 e. The second-order valence-corrected chi connectivity index (χ2v) is 4.42. The molecule has 2 nitrogen and oxygen atoms in total. The monoisotopic (exact) mass is 232 g/mol. The van der Waals surface area contributed by atoms with E-state index in [-0.39, 0.29) is 5.97 Å². The van der Waals surface area contributed by atoms with E-state index >= 15 is 0 Å². The topological polar surface area (TPSA) is 26.3 Å². The first-order chi connectivity index (χ1) is 8.11. The van der Waals surface area contributed by atoms with Crippen LogP contribution in [0.5, 0.6) is 0 Å². The Morgan fingerprint density at radius 1 is 1.29 bits per heavy atom. The summed E-state index contributed by atoms with van der Waals surface area (Å²) in [4.78, 5) is 11.1. The molecule has 0 aromatic heterocycles. The second kappa shape index (κ2) is 6.89. The third kappa shape index (κ3) is 5.34. The summed E-state index contributed by atoms with van der Waals surface area (Å²) in [5.74, 6) is 0.370. The summed E-state index contributed by atoms with van der Waals surface area (Å²) in [5.41, 5.74) is 2.35. The molecular weight excluding hydrogens is 212 g/mol. The highest BCUT2D eigenvalue weighted by Gasteiger charge is 1.98. The van der Waals surface area contributed by atoms with Gasteiger partial charge in [0.25, 0.3) is 0 Å². The molecule has 0 saturated carbocycles. The van der Waals surface area contributed by atoms with E-state index in [1.54, 1.807) is 13.0 Å². The van der Waals surface area contributed by atoms with E-state index in [2.05, 4.69) is 26.0 Å². The molecule has 17 heavy (non-hydrogen) atoms. The standard InChI is InChI=1S/C15H20O2/c1-4-17-15(16)10-9-13-5-7-14(8-6-13)11-12(2)3/h5-10,12H,4,11H2,1-3H3/b10-9-. The van der Waals surface area contributed by atoms with Crippen LogP contribution in [0.2, 0.25) is 0 Å². The average molecular weight is 232 g/mol. The van der Waals surface area contributed by atoms with Crippen molar-refractivity contribution in [2.24, 2.45) is 5.92 Å². The van der Waals surface area contributed by atoms with Crippen molar-refractivity contribution in [1.82, 2.24) is 0 Å². The predicted octanol–water partition coefficient (Wildman–Crippen LogP) is 3.46. The minimum Gasteiger partial charge on any atom is -0.463 e. The zero-order valence-corrected chi connectivity index (χ0v) is 10.8. The molecule has 92 valence electrons. The Kier molecular flexibility index (Phi) is 5.47. The highest BCUT2D eigenvalue weighted by molar-refractivity contribution is 5.86. The van der Waals surface area contributed by atoms with Crippen molar-refractivity contribution < 1.29 is 9.53 Å². The smallest absolute Gasteiger partial charge is 0.330 e. The lowest BCUT2D eigenvalue weighted by Crippen LogP contribution is -1.98. The van der Waals surface area contributed by atoms with Crippen LogP contribution < -0.4 is 0 Å². The van der Waals surface area contributed by atoms with Crippen molar-refractivity contribution in [2.75, 3.05) is 6.61 Å². The van der Waals surface area contributed by atoms with E-state index in [4.69, 9.17) is 4.74 Å². The van der Waals surface area contributed by atoms with Crippen LogP contribution in [0.25, 0.3) is 6.08 Å². The van der Waals surface area contributed by atoms with Gasteiger partial charge >= 0.3 is 5.97 Å². The van der Waals surface area contributed by atoms with Gasteiger partial charge < -0.3 is 4.74 Å². The van der Waals surface area contributed by atoms with Crippen LogP contribution >= 0.6 is 0 Å². The van der Waals surface area contributed by atoms with E-state index in [0.717, 1.165) is 12.0 Å². The summed E-state index contributed by atoms with van der Waals surface area (Å²) < 4.78 is 4.81. The molecule has 1 rings (SSSR count). The molecule has 0 aliphatic rings. The van der Waals surface area contributed by atoms with E-state index in [9.17, 15) is 4.79 Å². The quantitative estimate of drug-likeness (QED) is 0.574. The fourth-order valence-electron chi connectivity index (χ4n) is 1.59. The molecular formula is C15H20O2. The SMILES string of the molecule is CCOC(=O)/C=C\c1ccc(CC(C)C)cc1. The first kappa shape index (κ1) is 13.5. The van der Waals surface area contributed by atoms with Crippen LogP contribution in [0.3, 0.4) is 0 Å². The highest BCUT2D eigenvalue weighted by Crippen LogP contribution is 2.10. The number of ether oxygens (including phenoxy) is 1. The van der Waals surface area contributed by atoms with Gasteiger partial charge in [-0.15, -0.1) is 0 Å². The molecule has 0 unspecified atom stereocenters. The average Bonchev–Trinajstić information content (AvgIpc) is 2.28. The molecule has 1 aromatic rings. The Bertz CT molecular complexity index is 374. The summed E-state index contributed by atoms with van der Waals surface area (Å²) in [6.45, 7) is 6.62. The lowest BCUT2D eigenvalue weighted by Gasteiger charge is -2.04. The third-order valence-electron chi connectivity index (χ3n) is 2.32. The number of benzene rings is 1. The van der Waals surface area contributed by atoms with Crippen LogP contribution in [0.15, 0.2) is 30.3 Å². The molecule has 0 saturated heterocycles. The number of esters is 1. The van der Waals surface area contributed by atoms with Gasteiger partial charge in [-0.25, -0.2) is 4.79 Å². The van der Waals surface area contributed by atoms with Gasteiger partial charge in [0, 0.05) is 6.08 Å². The lowest BCUT2D eigenvalue weighted by atomic mass is 10.0. The lowest BCUT2D eigenvalue weighted by molar-refractivity contribution is -0.137. The van der Waals surface area contributed by atoms with Gasteiger partial charge in [0.15, 0.2) is 0 Å². The maximum atomic E-state index is 11.1. The normalized spacial score (nSPS) is 11.1. The summed E-state index contributed by atoms with van der Waals surface area (Å²) in [6.07, 6.45) is 4.32. The molecule has 0 aliphatic heterocycles. The molecule has 2 heteroatoms. The Morgan fingerprint density at radius 2 is 1.94 bits per heavy atom. The number of carbonyl (C=O) groups excluding carboxylic acids is 1. The number of hydrogen-bond donors (Lipinski definition) is 0. The molecule has 0 heterocycles. The van der Waals surface area contributed by atoms with Gasteiger partial charge in [0.2, 0.25) is 0 Å². The molecule has 1 aromatic carbocycles. The van der Waals surface area contributed by atoms with Gasteiger partial charge in [0.1, 0.15) is 0 Å². The molecule has 0 bridgehead atoms. The maximum absolute atomic E-state index is 11.1. The Balaban J connectivity index is 2.59. The van der Waals surface area contributed by atoms with Gasteiger partial charge in [-0.05, 0) is 36.5 Å². The van der Waals surface area contributed by atoms with Crippen molar-refractivity contribution in [2.45, 2.75) is 27.2 Å². The van der Waals surface area contributed by atoms with Crippen LogP contribution in [0.1, 0.15) is 31.9 Å². The first-order valence-corrected chi connectivity index (χ1v) is 6.05. The molecule has 0 N–H and O–H groups in total. The van der Waals surface area contributed by atoms with E-state index < -0.39 is 0 Å². The zero-order chi connectivity index (χ0) is 12.7. The second-order valence-electron chi connectivity index (χ2n) is 4.42. The summed E-state index contributed by atoms with van der Waals surface area (Å²) in [7, 11) is 0. The summed E-state index contributed by atoms with van der Waals surface area (Å²) >= 11 is 0. The van der Waals surface area contributed by atoms with E-state index in [1.807, 2.05) is 12.1 Å². The first-order valence-electron chi connectivity index (χ1n) is 6.05. The van der Waals surface area contributed by atoms with Gasteiger partial charge in [-0.3, -0.25) is 0 Å². The maximum Gasteiger partial charge on any atom is 0.330 e. The van der Waals surface area contributed by atoms with Crippen molar-refractivity contribution in [3.63, 3.8) is 0 Å². The number of rotatable bonds is 5. The van der Waals surface area contributed by atoms with Crippen LogP contribution in [0, 0.1) is 5.92 Å². The summed E-state index contributed by atoms with van der Waals surface area (Å²) in [5, 5.41) is 0. The molecule has 0 amide bonds. The van der Waals surface area contributed by atoms with Crippen molar-refractivity contribution in [1.29, 1.82) is 0 Å². The van der Waals surface area contributed by atoms with Crippen LogP contribution in [-0.2, 0) is 16.0 Å². The minimum absolute atomic E-state index is 0.293. The Morgan fingerprint density at radius 3 is 2.47 bits per heavy atom. The van der Waals surface area contributed by atoms with Crippen molar-refractivity contribution >= 4 is 12.0 Å². The fourth-order valence-corrected chi connectivity index (χ4v) is 1.59. The van der Waals surface area contributed by atoms with Crippen LogP contribution in [-0.4, -0.2) is 12.6 Å². The summed E-state index contributed by atoms with van der Waals surface area (Å²) in [6, 6.07) is 8.25. The van der Waals surface area contributed by atoms with Crippen molar-refractivity contribution in [3.05, 3.63) is 41.5 Å². The predicted molar refractivity (Wildman–Crippen MR) is 70.7 cm³/mol. The minimum atomic E-state index is -0.293. The van der Waals surface area contributed by atoms with Gasteiger partial charge in [-0.1, -0.05) is 38.1 Å². The fraction of sp³-hybridized carbons (Fsp3) is 0.400. The molecule has 0 fully saturated rings. The number of carbonyl (C=O) groups is 1. The number of hydrogen-bond acceptors (Lipinski definition) is 2. The van der Waals surface area contributed by atoms with Crippen LogP contribution in [0.4, 0.5) is 0 Å². The molecule has 0 radical (unpaired) electrons. The third-order valence-corrected chi connectivity index (χ3v) is 2.32. The zero-order valence-electron chi connectivity index (χ0n) is 10.8. The Hall–Kier alpha value is -1.57. The molecule has 0 aliphatic carbocycles. The Labute approximate surface area is 103 Å². The van der Waals surface area contributed by atoms with Crippen molar-refractivity contribution in [3.8, 4) is 0 Å². The molecule has 0 spiro atoms. The van der Waals surface area contributed by atoms with E-state index in [0.29, 0.717) is 12.5 Å². The highest BCUT2D eigenvalue weighted by atomic mass is 16.5.